The lowest BCUT2D eigenvalue weighted by Crippen LogP contribution is -2.48. The van der Waals surface area contributed by atoms with Gasteiger partial charge in [-0.3, -0.25) is 9.79 Å². The third-order valence-corrected chi connectivity index (χ3v) is 4.60. The van der Waals surface area contributed by atoms with E-state index in [1.54, 1.807) is 25.5 Å². The number of hydrogen-bond acceptors (Lipinski definition) is 4. The number of carbonyl (C=O) groups is 1. The first-order valence-electron chi connectivity index (χ1n) is 8.78. The molecule has 1 heterocycles. The van der Waals surface area contributed by atoms with E-state index < -0.39 is 0 Å². The second-order valence-electron chi connectivity index (χ2n) is 7.11. The van der Waals surface area contributed by atoms with E-state index in [1.165, 1.54) is 10.4 Å². The maximum Gasteiger partial charge on any atom is 0.239 e. The Morgan fingerprint density at radius 3 is 2.44 bits per heavy atom. The fourth-order valence-corrected chi connectivity index (χ4v) is 3.26. The number of thiophene rings is 1. The van der Waals surface area contributed by atoms with Gasteiger partial charge in [0.15, 0.2) is 5.96 Å². The first-order valence-corrected chi connectivity index (χ1v) is 9.66. The number of benzene rings is 1. The van der Waals surface area contributed by atoms with Crippen molar-refractivity contribution in [3.63, 3.8) is 0 Å². The standard InChI is InChI=1S/C20H28N4O2S/c1-20(2,3)24-18(25)12-23-19(21-4)22-11-17-10-15(13-27-17)14-6-8-16(26-5)9-7-14/h6-10,13H,11-12H2,1-5H3,(H,24,25)(H2,21,22,23). The normalized spacial score (nSPS) is 11.8. The zero-order valence-corrected chi connectivity index (χ0v) is 17.4. The minimum atomic E-state index is -0.245. The van der Waals surface area contributed by atoms with Crippen molar-refractivity contribution in [2.45, 2.75) is 32.9 Å². The molecule has 3 N–H and O–H groups in total. The van der Waals surface area contributed by atoms with Crippen LogP contribution in [0.4, 0.5) is 0 Å². The molecule has 0 fully saturated rings. The molecule has 7 heteroatoms. The van der Waals surface area contributed by atoms with Gasteiger partial charge < -0.3 is 20.7 Å². The van der Waals surface area contributed by atoms with Crippen molar-refractivity contribution in [1.29, 1.82) is 0 Å². The first-order chi connectivity index (χ1) is 12.8. The first kappa shape index (κ1) is 20.8. The molecule has 0 spiro atoms. The zero-order valence-electron chi connectivity index (χ0n) is 16.6. The lowest BCUT2D eigenvalue weighted by atomic mass is 10.1. The van der Waals surface area contributed by atoms with Gasteiger partial charge in [-0.25, -0.2) is 0 Å². The van der Waals surface area contributed by atoms with E-state index >= 15 is 0 Å². The smallest absolute Gasteiger partial charge is 0.239 e. The SMILES string of the molecule is CN=C(NCC(=O)NC(C)(C)C)NCc1cc(-c2ccc(OC)cc2)cs1. The van der Waals surface area contributed by atoms with Crippen molar-refractivity contribution in [1.82, 2.24) is 16.0 Å². The van der Waals surface area contributed by atoms with Crippen LogP contribution in [0, 0.1) is 0 Å². The van der Waals surface area contributed by atoms with E-state index in [0.29, 0.717) is 12.5 Å². The van der Waals surface area contributed by atoms with Gasteiger partial charge in [-0.15, -0.1) is 11.3 Å². The van der Waals surface area contributed by atoms with Crippen LogP contribution < -0.4 is 20.7 Å². The number of amides is 1. The molecule has 0 unspecified atom stereocenters. The summed E-state index contributed by atoms with van der Waals surface area (Å²) >= 11 is 1.68. The van der Waals surface area contributed by atoms with Gasteiger partial charge in [-0.1, -0.05) is 12.1 Å². The summed E-state index contributed by atoms with van der Waals surface area (Å²) in [7, 11) is 3.35. The fourth-order valence-electron chi connectivity index (χ4n) is 2.43. The summed E-state index contributed by atoms with van der Waals surface area (Å²) in [6, 6.07) is 10.2. The molecule has 1 aromatic heterocycles. The Morgan fingerprint density at radius 1 is 1.15 bits per heavy atom. The van der Waals surface area contributed by atoms with Gasteiger partial charge in [0.1, 0.15) is 5.75 Å². The van der Waals surface area contributed by atoms with E-state index in [9.17, 15) is 4.79 Å². The molecule has 0 aliphatic heterocycles. The predicted octanol–water partition coefficient (Wildman–Crippen LogP) is 3.00. The second-order valence-corrected chi connectivity index (χ2v) is 8.10. The number of carbonyl (C=O) groups excluding carboxylic acids is 1. The van der Waals surface area contributed by atoms with Crippen LogP contribution in [0.25, 0.3) is 11.1 Å². The Bertz CT molecular complexity index is 776. The van der Waals surface area contributed by atoms with Crippen LogP contribution in [-0.4, -0.2) is 38.1 Å². The predicted molar refractivity (Wildman–Crippen MR) is 112 cm³/mol. The third kappa shape index (κ3) is 6.94. The zero-order chi connectivity index (χ0) is 19.9. The Morgan fingerprint density at radius 2 is 1.85 bits per heavy atom. The van der Waals surface area contributed by atoms with Crippen LogP contribution in [0.5, 0.6) is 5.75 Å². The summed E-state index contributed by atoms with van der Waals surface area (Å²) in [5.74, 6) is 1.38. The third-order valence-electron chi connectivity index (χ3n) is 3.66. The van der Waals surface area contributed by atoms with E-state index in [-0.39, 0.29) is 18.0 Å². The Balaban J connectivity index is 1.86. The fraction of sp³-hybridized carbons (Fsp3) is 0.400. The van der Waals surface area contributed by atoms with Gasteiger partial charge in [-0.2, -0.15) is 0 Å². The highest BCUT2D eigenvalue weighted by Gasteiger charge is 2.13. The molecule has 0 atom stereocenters. The topological polar surface area (TPSA) is 74.8 Å². The number of ether oxygens (including phenoxy) is 1. The van der Waals surface area contributed by atoms with Crippen LogP contribution in [-0.2, 0) is 11.3 Å². The number of rotatable bonds is 6. The van der Waals surface area contributed by atoms with Gasteiger partial charge in [-0.05, 0) is 55.5 Å². The van der Waals surface area contributed by atoms with Crippen molar-refractivity contribution >= 4 is 23.2 Å². The molecule has 0 aliphatic rings. The summed E-state index contributed by atoms with van der Waals surface area (Å²) in [6.07, 6.45) is 0. The molecule has 146 valence electrons. The lowest BCUT2D eigenvalue weighted by Gasteiger charge is -2.21. The molecule has 0 radical (unpaired) electrons. The highest BCUT2D eigenvalue weighted by molar-refractivity contribution is 7.10. The van der Waals surface area contributed by atoms with Crippen LogP contribution in [0.3, 0.4) is 0 Å². The molecule has 1 amide bonds. The minimum absolute atomic E-state index is 0.0663. The van der Waals surface area contributed by atoms with E-state index in [2.05, 4.69) is 32.4 Å². The van der Waals surface area contributed by atoms with Gasteiger partial charge in [0.2, 0.25) is 5.91 Å². The molecule has 2 aromatic rings. The Hall–Kier alpha value is -2.54. The minimum Gasteiger partial charge on any atom is -0.497 e. The van der Waals surface area contributed by atoms with Gasteiger partial charge in [0, 0.05) is 17.5 Å². The van der Waals surface area contributed by atoms with Crippen molar-refractivity contribution in [3.05, 3.63) is 40.6 Å². The molecule has 0 saturated carbocycles. The number of hydrogen-bond donors (Lipinski definition) is 3. The lowest BCUT2D eigenvalue weighted by molar-refractivity contribution is -0.121. The quantitative estimate of drug-likeness (QED) is 0.525. The van der Waals surface area contributed by atoms with Gasteiger partial charge >= 0.3 is 0 Å². The average molecular weight is 389 g/mol. The van der Waals surface area contributed by atoms with Crippen molar-refractivity contribution in [2.75, 3.05) is 20.7 Å². The number of guanidine groups is 1. The molecule has 0 saturated heterocycles. The van der Waals surface area contributed by atoms with Crippen LogP contribution in [0.15, 0.2) is 40.7 Å². The largest absolute Gasteiger partial charge is 0.497 e. The molecule has 0 aliphatic carbocycles. The van der Waals surface area contributed by atoms with Crippen molar-refractivity contribution < 1.29 is 9.53 Å². The number of nitrogens with zero attached hydrogens (tertiary/aromatic N) is 1. The highest BCUT2D eigenvalue weighted by Crippen LogP contribution is 2.27. The Kier molecular flexibility index (Phi) is 7.24. The number of aliphatic imine (C=N–C) groups is 1. The molecular weight excluding hydrogens is 360 g/mol. The van der Waals surface area contributed by atoms with Crippen molar-refractivity contribution in [2.24, 2.45) is 4.99 Å². The molecule has 1 aromatic carbocycles. The maximum atomic E-state index is 11.9. The highest BCUT2D eigenvalue weighted by atomic mass is 32.1. The summed E-state index contributed by atoms with van der Waals surface area (Å²) in [5.41, 5.74) is 2.08. The van der Waals surface area contributed by atoms with Gasteiger partial charge in [0.05, 0.1) is 20.2 Å². The molecular formula is C20H28N4O2S. The summed E-state index contributed by atoms with van der Waals surface area (Å²) in [4.78, 5) is 17.2. The van der Waals surface area contributed by atoms with E-state index in [0.717, 1.165) is 11.3 Å². The van der Waals surface area contributed by atoms with Crippen LogP contribution in [0.1, 0.15) is 25.6 Å². The Labute approximate surface area is 165 Å². The molecule has 2 rings (SSSR count). The molecule has 0 bridgehead atoms. The van der Waals surface area contributed by atoms with E-state index in [1.807, 2.05) is 45.0 Å². The summed E-state index contributed by atoms with van der Waals surface area (Å²) in [5, 5.41) is 11.3. The van der Waals surface area contributed by atoms with Crippen LogP contribution >= 0.6 is 11.3 Å². The second kappa shape index (κ2) is 9.41. The number of nitrogens with one attached hydrogen (secondary N) is 3. The average Bonchev–Trinajstić information content (AvgIpc) is 3.09. The van der Waals surface area contributed by atoms with Gasteiger partial charge in [0.25, 0.3) is 0 Å². The van der Waals surface area contributed by atoms with E-state index in [4.69, 9.17) is 4.74 Å². The monoisotopic (exact) mass is 388 g/mol. The summed E-state index contributed by atoms with van der Waals surface area (Å²) in [6.45, 7) is 6.68. The van der Waals surface area contributed by atoms with Crippen molar-refractivity contribution in [3.8, 4) is 16.9 Å². The van der Waals surface area contributed by atoms with Crippen LogP contribution in [0.2, 0.25) is 0 Å². The summed E-state index contributed by atoms with van der Waals surface area (Å²) < 4.78 is 5.20. The maximum absolute atomic E-state index is 11.9. The number of methoxy groups -OCH3 is 1. The molecule has 6 nitrogen and oxygen atoms in total. The molecule has 27 heavy (non-hydrogen) atoms.